The molecule has 0 heterocycles. The van der Waals surface area contributed by atoms with Crippen LogP contribution in [-0.4, -0.2) is 16.8 Å². The molecule has 0 aromatic carbocycles. The fraction of sp³-hybridized carbons (Fsp3) is 0. The van der Waals surface area contributed by atoms with Gasteiger partial charge >= 0.3 is 10.5 Å². The second kappa shape index (κ2) is 4.38. The summed E-state index contributed by atoms with van der Waals surface area (Å²) >= 11 is 0. The van der Waals surface area contributed by atoms with Crippen LogP contribution in [0.2, 0.25) is 0 Å². The Morgan fingerprint density at radius 2 is 1.22 bits per heavy atom. The molecule has 0 aliphatic heterocycles. The molecule has 0 atom stereocenters. The first-order chi connectivity index (χ1) is 3.73. The van der Waals surface area contributed by atoms with E-state index in [4.69, 9.17) is 13.2 Å². The summed E-state index contributed by atoms with van der Waals surface area (Å²) in [4.78, 5) is 0. The molecule has 0 amide bonds. The number of hydrogen-bond acceptors (Lipinski definition) is 5. The van der Waals surface area contributed by atoms with Gasteiger partial charge < -0.3 is 0 Å². The average Bonchev–Trinajstić information content (AvgIpc) is 1.19. The zero-order valence-electron chi connectivity index (χ0n) is 4.10. The van der Waals surface area contributed by atoms with Gasteiger partial charge in [0.05, 0.1) is 0 Å². The van der Waals surface area contributed by atoms with E-state index in [0.29, 0.717) is 0 Å². The fourth-order valence-corrected chi connectivity index (χ4v) is 0. The largest absolute Gasteiger partial charge is 0.308 e. The monoisotopic (exact) mass is 175 g/mol. The summed E-state index contributed by atoms with van der Waals surface area (Å²) in [6, 6.07) is 0. The van der Waals surface area contributed by atoms with Gasteiger partial charge in [-0.3, -0.25) is 0 Å². The van der Waals surface area contributed by atoms with Gasteiger partial charge in [0.2, 0.25) is 0 Å². The van der Waals surface area contributed by atoms with Gasteiger partial charge in [-0.25, -0.2) is 10.3 Å². The second-order valence-corrected chi connectivity index (χ2v) is 2.47. The van der Waals surface area contributed by atoms with E-state index in [0.717, 1.165) is 0 Å². The highest BCUT2D eigenvalue weighted by Crippen LogP contribution is 1.40. The Labute approximate surface area is 53.3 Å². The van der Waals surface area contributed by atoms with Crippen LogP contribution in [0, 0.1) is 4.78 Å². The average molecular weight is 175 g/mol. The summed E-state index contributed by atoms with van der Waals surface area (Å²) in [5, 5.41) is 8.21. The van der Waals surface area contributed by atoms with Crippen molar-refractivity contribution in [2.45, 2.75) is 0 Å². The summed E-state index contributed by atoms with van der Waals surface area (Å²) in [6.45, 7) is 0. The van der Waals surface area contributed by atoms with Crippen LogP contribution in [0.3, 0.4) is 0 Å². The van der Waals surface area contributed by atoms with E-state index in [9.17, 15) is 8.42 Å². The van der Waals surface area contributed by atoms with Crippen molar-refractivity contribution >= 4 is 20.7 Å². The quantitative estimate of drug-likeness (QED) is 0.382. The molecule has 56 valence electrons. The molecule has 5 N–H and O–H groups in total. The molecule has 0 unspecified atom stereocenters. The first-order valence-corrected chi connectivity index (χ1v) is 4.03. The lowest BCUT2D eigenvalue weighted by molar-refractivity contribution is 0.599. The van der Waals surface area contributed by atoms with E-state index >= 15 is 0 Å². The van der Waals surface area contributed by atoms with E-state index in [2.05, 4.69) is 10.3 Å². The van der Waals surface area contributed by atoms with Crippen molar-refractivity contribution < 1.29 is 16.8 Å². The van der Waals surface area contributed by atoms with Crippen LogP contribution in [0.25, 0.3) is 0 Å². The van der Waals surface area contributed by atoms with E-state index in [1.807, 2.05) is 0 Å². The van der Waals surface area contributed by atoms with E-state index in [1.165, 1.54) is 0 Å². The molecule has 9 heteroatoms. The summed E-state index contributed by atoms with van der Waals surface area (Å²) in [5.74, 6) is 0. The predicted molar refractivity (Wildman–Crippen MR) is 28.9 cm³/mol. The lowest BCUT2D eigenvalue weighted by Crippen LogP contribution is -2.21. The molecule has 0 saturated heterocycles. The standard InChI is InChI=1S/H4N2O2S.HNO2S/c1-5(2,3)4;1-4(2)3/h(H4,1,2,3,4);1H. The third kappa shape index (κ3) is 868. The van der Waals surface area contributed by atoms with Crippen LogP contribution in [0.1, 0.15) is 0 Å². The van der Waals surface area contributed by atoms with Crippen molar-refractivity contribution in [2.24, 2.45) is 10.3 Å². The van der Waals surface area contributed by atoms with Crippen LogP contribution in [-0.2, 0) is 20.7 Å². The van der Waals surface area contributed by atoms with Crippen molar-refractivity contribution in [3.63, 3.8) is 0 Å². The molecular formula is H5N3O4S2. The number of hydrogen-bond donors (Lipinski definition) is 3. The lowest BCUT2D eigenvalue weighted by atomic mass is 13.9. The molecule has 0 radical (unpaired) electrons. The third-order valence-electron chi connectivity index (χ3n) is 0. The van der Waals surface area contributed by atoms with E-state index < -0.39 is 20.7 Å². The highest BCUT2D eigenvalue weighted by atomic mass is 32.2. The van der Waals surface area contributed by atoms with Crippen molar-refractivity contribution in [1.29, 1.82) is 4.78 Å². The summed E-state index contributed by atoms with van der Waals surface area (Å²) in [7, 11) is -6.28. The highest BCUT2D eigenvalue weighted by molar-refractivity contribution is 7.86. The minimum Gasteiger partial charge on any atom is -0.216 e. The molecule has 9 heavy (non-hydrogen) atoms. The maximum Gasteiger partial charge on any atom is 0.308 e. The molecular weight excluding hydrogens is 170 g/mol. The molecule has 0 bridgehead atoms. The van der Waals surface area contributed by atoms with Crippen LogP contribution in [0.4, 0.5) is 0 Å². The summed E-state index contributed by atoms with van der Waals surface area (Å²) in [5.41, 5.74) is 0. The van der Waals surface area contributed by atoms with Gasteiger partial charge in [0, 0.05) is 0 Å². The number of rotatable bonds is 0. The molecule has 0 aromatic rings. The van der Waals surface area contributed by atoms with Gasteiger partial charge in [0.25, 0.3) is 10.2 Å². The van der Waals surface area contributed by atoms with Crippen molar-refractivity contribution in [2.75, 3.05) is 0 Å². The van der Waals surface area contributed by atoms with Gasteiger partial charge in [-0.05, 0) is 0 Å². The Bertz CT molecular complexity index is 226. The van der Waals surface area contributed by atoms with Crippen LogP contribution >= 0.6 is 0 Å². The Morgan fingerprint density at radius 3 is 1.22 bits per heavy atom. The summed E-state index contributed by atoms with van der Waals surface area (Å²) < 4.78 is 41.2. The zero-order chi connectivity index (χ0) is 8.08. The van der Waals surface area contributed by atoms with E-state index in [-0.39, 0.29) is 0 Å². The highest BCUT2D eigenvalue weighted by Gasteiger charge is 1.78. The molecule has 0 spiro atoms. The molecule has 0 aromatic heterocycles. The van der Waals surface area contributed by atoms with Crippen molar-refractivity contribution in [3.8, 4) is 0 Å². The number of nitrogens with two attached hydrogens (primary N) is 2. The normalized spacial score (nSPS) is 9.11. The molecule has 0 aliphatic rings. The van der Waals surface area contributed by atoms with Crippen molar-refractivity contribution in [1.82, 2.24) is 0 Å². The summed E-state index contributed by atoms with van der Waals surface area (Å²) in [6.07, 6.45) is 0. The van der Waals surface area contributed by atoms with Crippen LogP contribution in [0.15, 0.2) is 0 Å². The third-order valence-corrected chi connectivity index (χ3v) is 0. The van der Waals surface area contributed by atoms with Gasteiger partial charge in [-0.2, -0.15) is 21.6 Å². The Hall–Kier alpha value is -0.510. The van der Waals surface area contributed by atoms with Gasteiger partial charge in [0.15, 0.2) is 0 Å². The molecule has 0 fully saturated rings. The minimum absolute atomic E-state index is 2.61. The molecule has 0 aliphatic carbocycles. The molecule has 0 saturated carbocycles. The molecule has 0 rings (SSSR count). The van der Waals surface area contributed by atoms with Crippen molar-refractivity contribution in [3.05, 3.63) is 0 Å². The van der Waals surface area contributed by atoms with Gasteiger partial charge in [-0.15, -0.1) is 0 Å². The zero-order valence-corrected chi connectivity index (χ0v) is 5.74. The van der Waals surface area contributed by atoms with Gasteiger partial charge in [-0.1, -0.05) is 0 Å². The SMILES string of the molecule is N=S(=O)=O.NS(N)(=O)=O. The van der Waals surface area contributed by atoms with E-state index in [1.54, 1.807) is 0 Å². The Morgan fingerprint density at radius 1 is 1.22 bits per heavy atom. The van der Waals surface area contributed by atoms with Crippen LogP contribution < -0.4 is 10.3 Å². The number of nitrogens with one attached hydrogen (secondary N) is 1. The topological polar surface area (TPSA) is 144 Å². The fourth-order valence-electron chi connectivity index (χ4n) is 0. The lowest BCUT2D eigenvalue weighted by Gasteiger charge is -1.72. The molecule has 7 nitrogen and oxygen atoms in total. The Balaban J connectivity index is 0. The second-order valence-electron chi connectivity index (χ2n) is 0.824. The maximum absolute atomic E-state index is 9.19. The first kappa shape index (κ1) is 11.3. The minimum atomic E-state index is -3.67. The van der Waals surface area contributed by atoms with Crippen LogP contribution in [0.5, 0.6) is 0 Å². The predicted octanol–water partition coefficient (Wildman–Crippen LogP) is -2.22. The smallest absolute Gasteiger partial charge is 0.216 e. The van der Waals surface area contributed by atoms with Gasteiger partial charge in [0.1, 0.15) is 0 Å². The first-order valence-electron chi connectivity index (χ1n) is 1.34. The Kier molecular flexibility index (Phi) is 5.50. The maximum atomic E-state index is 9.19.